The van der Waals surface area contributed by atoms with Gasteiger partial charge in [-0.05, 0) is 63.2 Å². The van der Waals surface area contributed by atoms with Crippen LogP contribution in [0.5, 0.6) is 0 Å². The zero-order valence-corrected chi connectivity index (χ0v) is 12.1. The third kappa shape index (κ3) is 3.18. The summed E-state index contributed by atoms with van der Waals surface area (Å²) in [7, 11) is -2.33. The highest BCUT2D eigenvalue weighted by molar-refractivity contribution is 8.25. The summed E-state index contributed by atoms with van der Waals surface area (Å²) in [4.78, 5) is 0. The molecule has 17 heavy (non-hydrogen) atoms. The second-order valence-corrected chi connectivity index (χ2v) is 9.02. The lowest BCUT2D eigenvalue weighted by Gasteiger charge is -2.50. The number of hydrogen-bond donors (Lipinski definition) is 2. The summed E-state index contributed by atoms with van der Waals surface area (Å²) in [5.74, 6) is 1.57. The Hall–Kier alpha value is 0.270. The Morgan fingerprint density at radius 2 is 0.941 bits per heavy atom. The lowest BCUT2D eigenvalue weighted by atomic mass is 9.90. The molecule has 0 bridgehead atoms. The molecule has 102 valence electrons. The second-order valence-electron chi connectivity index (χ2n) is 6.40. The fourth-order valence-corrected chi connectivity index (χ4v) is 5.90. The van der Waals surface area contributed by atoms with Gasteiger partial charge in [0.1, 0.15) is 0 Å². The lowest BCUT2D eigenvalue weighted by Crippen LogP contribution is -2.33. The molecule has 0 aromatic carbocycles. The normalized spacial score (nSPS) is 41.2. The summed E-state index contributed by atoms with van der Waals surface area (Å²) in [6.07, 6.45) is 8.89. The van der Waals surface area contributed by atoms with Gasteiger partial charge >= 0.3 is 0 Å². The van der Waals surface area contributed by atoms with Crippen LogP contribution < -0.4 is 0 Å². The molecule has 2 N–H and O–H groups in total. The van der Waals surface area contributed by atoms with E-state index in [1.165, 1.54) is 25.7 Å². The maximum atomic E-state index is 10.6. The highest BCUT2D eigenvalue weighted by Crippen LogP contribution is 2.58. The fourth-order valence-electron chi connectivity index (χ4n) is 3.42. The van der Waals surface area contributed by atoms with Gasteiger partial charge in [0.25, 0.3) is 0 Å². The molecule has 2 nitrogen and oxygen atoms in total. The average Bonchev–Trinajstić information content (AvgIpc) is 2.30. The van der Waals surface area contributed by atoms with E-state index in [0.717, 1.165) is 37.5 Å². The minimum absolute atomic E-state index is 0.206. The monoisotopic (exact) mass is 260 g/mol. The van der Waals surface area contributed by atoms with Crippen molar-refractivity contribution in [1.29, 1.82) is 0 Å². The Bertz CT molecular complexity index is 215. The van der Waals surface area contributed by atoms with Crippen LogP contribution in [0.2, 0.25) is 0 Å². The molecule has 0 aromatic rings. The maximum Gasteiger partial charge on any atom is 0.0488 e. The third-order valence-electron chi connectivity index (χ3n) is 4.91. The van der Waals surface area contributed by atoms with E-state index in [0.29, 0.717) is 0 Å². The summed E-state index contributed by atoms with van der Waals surface area (Å²) in [5.41, 5.74) is 0. The summed E-state index contributed by atoms with van der Waals surface area (Å²) < 4.78 is 21.2. The molecule has 2 fully saturated rings. The average molecular weight is 260 g/mol. The maximum absolute atomic E-state index is 10.6. The topological polar surface area (TPSA) is 40.5 Å². The second kappa shape index (κ2) is 5.50. The van der Waals surface area contributed by atoms with Gasteiger partial charge in [0.05, 0.1) is 0 Å². The van der Waals surface area contributed by atoms with Crippen LogP contribution in [-0.2, 0) is 0 Å². The zero-order valence-electron chi connectivity index (χ0n) is 11.3. The van der Waals surface area contributed by atoms with Crippen LogP contribution in [0, 0.1) is 11.8 Å². The quantitative estimate of drug-likeness (QED) is 0.741. The molecule has 2 saturated carbocycles. The first-order valence-electron chi connectivity index (χ1n) is 7.26. The molecule has 2 rings (SSSR count). The van der Waals surface area contributed by atoms with Crippen molar-refractivity contribution in [2.75, 3.05) is 0 Å². The minimum atomic E-state index is -2.33. The predicted octanol–water partition coefficient (Wildman–Crippen LogP) is 4.89. The molecule has 0 radical (unpaired) electrons. The van der Waals surface area contributed by atoms with Crippen molar-refractivity contribution in [1.82, 2.24) is 0 Å². The highest BCUT2D eigenvalue weighted by Gasteiger charge is 2.37. The summed E-state index contributed by atoms with van der Waals surface area (Å²) in [5, 5.41) is 0.411. The molecule has 0 saturated heterocycles. The van der Waals surface area contributed by atoms with Crippen molar-refractivity contribution < 1.29 is 9.11 Å². The van der Waals surface area contributed by atoms with E-state index in [1.54, 1.807) is 0 Å². The molecule has 2 aliphatic carbocycles. The summed E-state index contributed by atoms with van der Waals surface area (Å²) in [6, 6.07) is 0. The molecule has 3 heteroatoms. The fraction of sp³-hybridized carbons (Fsp3) is 1.00. The van der Waals surface area contributed by atoms with Crippen LogP contribution >= 0.6 is 10.6 Å². The van der Waals surface area contributed by atoms with Gasteiger partial charge in [-0.25, -0.2) is 0 Å². The molecule has 2 aliphatic rings. The number of rotatable bonds is 2. The standard InChI is InChI=1S/C14H28O2S/c1-11-3-7-13(8-4-11)17(15,16)14-9-5-12(2)6-10-14/h11-16H,3-10H2,1-2H3. The first-order chi connectivity index (χ1) is 8.00. The molecular weight excluding hydrogens is 232 g/mol. The zero-order chi connectivity index (χ0) is 12.5. The van der Waals surface area contributed by atoms with Gasteiger partial charge in [-0.1, -0.05) is 13.8 Å². The van der Waals surface area contributed by atoms with E-state index < -0.39 is 10.6 Å². The van der Waals surface area contributed by atoms with Crippen LogP contribution in [0.4, 0.5) is 0 Å². The molecule has 0 spiro atoms. The molecule has 0 unspecified atom stereocenters. The van der Waals surface area contributed by atoms with E-state index in [1.807, 2.05) is 0 Å². The molecule has 0 aliphatic heterocycles. The van der Waals surface area contributed by atoms with Crippen LogP contribution in [0.3, 0.4) is 0 Å². The molecule has 0 amide bonds. The van der Waals surface area contributed by atoms with Crippen molar-refractivity contribution in [2.45, 2.75) is 75.7 Å². The lowest BCUT2D eigenvalue weighted by molar-refractivity contribution is 0.332. The van der Waals surface area contributed by atoms with Gasteiger partial charge in [0.15, 0.2) is 0 Å². The van der Waals surface area contributed by atoms with Crippen LogP contribution in [-0.4, -0.2) is 19.6 Å². The Labute approximate surface area is 108 Å². The van der Waals surface area contributed by atoms with E-state index in [4.69, 9.17) is 0 Å². The van der Waals surface area contributed by atoms with Gasteiger partial charge in [-0.15, -0.1) is 0 Å². The van der Waals surface area contributed by atoms with E-state index >= 15 is 0 Å². The Balaban J connectivity index is 1.93. The highest BCUT2D eigenvalue weighted by atomic mass is 32.3. The van der Waals surface area contributed by atoms with Crippen LogP contribution in [0.25, 0.3) is 0 Å². The van der Waals surface area contributed by atoms with Gasteiger partial charge in [-0.2, -0.15) is 10.6 Å². The molecular formula is C14H28O2S. The SMILES string of the molecule is CC1CCC(S(O)(O)C2CCC(C)CC2)CC1. The Morgan fingerprint density at radius 1 is 0.647 bits per heavy atom. The van der Waals surface area contributed by atoms with Crippen molar-refractivity contribution >= 4 is 10.6 Å². The Morgan fingerprint density at radius 3 is 1.24 bits per heavy atom. The first-order valence-corrected chi connectivity index (χ1v) is 8.93. The summed E-state index contributed by atoms with van der Waals surface area (Å²) in [6.45, 7) is 4.56. The van der Waals surface area contributed by atoms with Crippen molar-refractivity contribution in [3.63, 3.8) is 0 Å². The van der Waals surface area contributed by atoms with Gasteiger partial charge in [-0.3, -0.25) is 9.11 Å². The minimum Gasteiger partial charge on any atom is -0.299 e. The smallest absolute Gasteiger partial charge is 0.0488 e. The molecule has 0 aromatic heterocycles. The third-order valence-corrected chi connectivity index (χ3v) is 7.81. The van der Waals surface area contributed by atoms with E-state index in [-0.39, 0.29) is 10.5 Å². The van der Waals surface area contributed by atoms with Crippen molar-refractivity contribution in [3.05, 3.63) is 0 Å². The van der Waals surface area contributed by atoms with Gasteiger partial charge in [0.2, 0.25) is 0 Å². The molecule has 0 atom stereocenters. The van der Waals surface area contributed by atoms with Gasteiger partial charge in [0, 0.05) is 10.5 Å². The van der Waals surface area contributed by atoms with Crippen LogP contribution in [0.1, 0.15) is 65.2 Å². The first kappa shape index (κ1) is 13.7. The van der Waals surface area contributed by atoms with E-state index in [2.05, 4.69) is 13.8 Å². The van der Waals surface area contributed by atoms with Gasteiger partial charge < -0.3 is 0 Å². The van der Waals surface area contributed by atoms with Crippen molar-refractivity contribution in [2.24, 2.45) is 11.8 Å². The van der Waals surface area contributed by atoms with E-state index in [9.17, 15) is 9.11 Å². The molecule has 0 heterocycles. The predicted molar refractivity (Wildman–Crippen MR) is 75.7 cm³/mol. The van der Waals surface area contributed by atoms with Crippen LogP contribution in [0.15, 0.2) is 0 Å². The van der Waals surface area contributed by atoms with Crippen molar-refractivity contribution in [3.8, 4) is 0 Å². The summed E-state index contributed by atoms with van der Waals surface area (Å²) >= 11 is 0. The number of hydrogen-bond acceptors (Lipinski definition) is 2. The Kier molecular flexibility index (Phi) is 4.43. The largest absolute Gasteiger partial charge is 0.299 e.